The SMILES string of the molecule is COc1c(CN[C@H]2CCN(Cc3ccccc3)C2=O)c(C)nn1C. The van der Waals surface area contributed by atoms with Crippen LogP contribution in [-0.4, -0.2) is 40.3 Å². The fraction of sp³-hybridized carbons (Fsp3) is 0.444. The van der Waals surface area contributed by atoms with Gasteiger partial charge in [0.1, 0.15) is 0 Å². The molecule has 2 aromatic rings. The number of amides is 1. The molecular weight excluding hydrogens is 304 g/mol. The molecule has 0 aliphatic carbocycles. The number of aromatic nitrogens is 2. The largest absolute Gasteiger partial charge is 0.481 e. The van der Waals surface area contributed by atoms with Gasteiger partial charge in [0.15, 0.2) is 0 Å². The molecule has 0 bridgehead atoms. The number of nitrogens with zero attached hydrogens (tertiary/aromatic N) is 3. The Morgan fingerprint density at radius 1 is 1.33 bits per heavy atom. The predicted octanol–water partition coefficient (Wildman–Crippen LogP) is 1.63. The second-order valence-electron chi connectivity index (χ2n) is 6.16. The lowest BCUT2D eigenvalue weighted by Gasteiger charge is -2.17. The second-order valence-corrected chi connectivity index (χ2v) is 6.16. The molecule has 3 rings (SSSR count). The number of carbonyl (C=O) groups excluding carboxylic acids is 1. The van der Waals surface area contributed by atoms with E-state index in [1.165, 1.54) is 0 Å². The Kier molecular flexibility index (Phi) is 4.85. The molecule has 0 unspecified atom stereocenters. The minimum absolute atomic E-state index is 0.141. The lowest BCUT2D eigenvalue weighted by Crippen LogP contribution is -2.37. The molecule has 1 aromatic heterocycles. The molecular formula is C18H24N4O2. The van der Waals surface area contributed by atoms with Gasteiger partial charge < -0.3 is 15.0 Å². The molecule has 2 heterocycles. The highest BCUT2D eigenvalue weighted by Crippen LogP contribution is 2.22. The molecule has 0 spiro atoms. The molecule has 24 heavy (non-hydrogen) atoms. The fourth-order valence-electron chi connectivity index (χ4n) is 3.25. The summed E-state index contributed by atoms with van der Waals surface area (Å²) in [5.41, 5.74) is 3.10. The van der Waals surface area contributed by atoms with Gasteiger partial charge in [-0.25, -0.2) is 4.68 Å². The summed E-state index contributed by atoms with van der Waals surface area (Å²) in [6.07, 6.45) is 0.827. The summed E-state index contributed by atoms with van der Waals surface area (Å²) in [6, 6.07) is 9.96. The van der Waals surface area contributed by atoms with E-state index < -0.39 is 0 Å². The zero-order chi connectivity index (χ0) is 17.1. The van der Waals surface area contributed by atoms with E-state index in [4.69, 9.17) is 4.74 Å². The summed E-state index contributed by atoms with van der Waals surface area (Å²) in [7, 11) is 3.50. The van der Waals surface area contributed by atoms with Crippen molar-refractivity contribution < 1.29 is 9.53 Å². The zero-order valence-corrected chi connectivity index (χ0v) is 14.5. The number of rotatable bonds is 6. The summed E-state index contributed by atoms with van der Waals surface area (Å²) in [5, 5.41) is 7.74. The maximum atomic E-state index is 12.6. The molecule has 1 amide bonds. The average molecular weight is 328 g/mol. The van der Waals surface area contributed by atoms with Crippen molar-refractivity contribution in [3.63, 3.8) is 0 Å². The van der Waals surface area contributed by atoms with E-state index in [9.17, 15) is 4.79 Å². The smallest absolute Gasteiger partial charge is 0.240 e. The van der Waals surface area contributed by atoms with Crippen LogP contribution in [0.3, 0.4) is 0 Å². The molecule has 128 valence electrons. The predicted molar refractivity (Wildman–Crippen MR) is 91.6 cm³/mol. The molecule has 6 heteroatoms. The number of likely N-dealkylation sites (tertiary alicyclic amines) is 1. The molecule has 1 atom stereocenters. The summed E-state index contributed by atoms with van der Waals surface area (Å²) in [5.74, 6) is 0.908. The number of nitrogens with one attached hydrogen (secondary N) is 1. The molecule has 6 nitrogen and oxygen atoms in total. The summed E-state index contributed by atoms with van der Waals surface area (Å²) in [4.78, 5) is 14.5. The van der Waals surface area contributed by atoms with Crippen LogP contribution in [0.2, 0.25) is 0 Å². The molecule has 1 N–H and O–H groups in total. The number of methoxy groups -OCH3 is 1. The molecule has 1 aliphatic rings. The van der Waals surface area contributed by atoms with Crippen LogP contribution in [0.5, 0.6) is 5.88 Å². The van der Waals surface area contributed by atoms with Gasteiger partial charge in [-0.15, -0.1) is 0 Å². The van der Waals surface area contributed by atoms with Crippen molar-refractivity contribution in [2.45, 2.75) is 32.5 Å². The Morgan fingerprint density at radius 2 is 2.08 bits per heavy atom. The molecule has 1 aliphatic heterocycles. The Balaban J connectivity index is 1.60. The number of aryl methyl sites for hydroxylation is 2. The standard InChI is InChI=1S/C18H24N4O2/c1-13-15(18(24-3)21(2)20-13)11-19-16-9-10-22(17(16)23)12-14-7-5-4-6-8-14/h4-8,16,19H,9-12H2,1-3H3/t16-/m0/s1. The van der Waals surface area contributed by atoms with Gasteiger partial charge in [-0.05, 0) is 18.9 Å². The third kappa shape index (κ3) is 3.28. The topological polar surface area (TPSA) is 59.4 Å². The van der Waals surface area contributed by atoms with E-state index in [-0.39, 0.29) is 11.9 Å². The number of hydrogen-bond acceptors (Lipinski definition) is 4. The van der Waals surface area contributed by atoms with E-state index in [1.54, 1.807) is 11.8 Å². The number of benzene rings is 1. The van der Waals surface area contributed by atoms with Gasteiger partial charge in [0.2, 0.25) is 11.8 Å². The van der Waals surface area contributed by atoms with Crippen LogP contribution in [0.15, 0.2) is 30.3 Å². The van der Waals surface area contributed by atoms with Gasteiger partial charge in [-0.2, -0.15) is 5.10 Å². The monoisotopic (exact) mass is 328 g/mol. The van der Waals surface area contributed by atoms with Crippen LogP contribution in [0.1, 0.15) is 23.2 Å². The van der Waals surface area contributed by atoms with Crippen molar-refractivity contribution in [3.05, 3.63) is 47.2 Å². The van der Waals surface area contributed by atoms with Crippen LogP contribution in [-0.2, 0) is 24.9 Å². The third-order valence-electron chi connectivity index (χ3n) is 4.52. The lowest BCUT2D eigenvalue weighted by atomic mass is 10.2. The maximum Gasteiger partial charge on any atom is 0.240 e. The first kappa shape index (κ1) is 16.5. The zero-order valence-electron chi connectivity index (χ0n) is 14.5. The van der Waals surface area contributed by atoms with E-state index in [1.807, 2.05) is 37.1 Å². The van der Waals surface area contributed by atoms with Crippen molar-refractivity contribution in [1.29, 1.82) is 0 Å². The first-order valence-electron chi connectivity index (χ1n) is 8.22. The van der Waals surface area contributed by atoms with Crippen LogP contribution in [0, 0.1) is 6.92 Å². The highest BCUT2D eigenvalue weighted by molar-refractivity contribution is 5.84. The van der Waals surface area contributed by atoms with E-state index in [0.717, 1.165) is 35.7 Å². The second kappa shape index (κ2) is 7.05. The van der Waals surface area contributed by atoms with Crippen LogP contribution in [0.25, 0.3) is 0 Å². The van der Waals surface area contributed by atoms with Crippen molar-refractivity contribution in [2.24, 2.45) is 7.05 Å². The minimum Gasteiger partial charge on any atom is -0.481 e. The van der Waals surface area contributed by atoms with Gasteiger partial charge in [0.25, 0.3) is 0 Å². The molecule has 0 saturated carbocycles. The van der Waals surface area contributed by atoms with Crippen molar-refractivity contribution in [2.75, 3.05) is 13.7 Å². The third-order valence-corrected chi connectivity index (χ3v) is 4.52. The minimum atomic E-state index is -0.141. The van der Waals surface area contributed by atoms with Gasteiger partial charge in [-0.1, -0.05) is 30.3 Å². The number of hydrogen-bond donors (Lipinski definition) is 1. The van der Waals surface area contributed by atoms with Crippen LogP contribution < -0.4 is 10.1 Å². The maximum absolute atomic E-state index is 12.6. The normalized spacial score (nSPS) is 17.5. The van der Waals surface area contributed by atoms with Gasteiger partial charge >= 0.3 is 0 Å². The average Bonchev–Trinajstić information content (AvgIpc) is 3.06. The van der Waals surface area contributed by atoms with Gasteiger partial charge in [0.05, 0.1) is 24.4 Å². The quantitative estimate of drug-likeness (QED) is 0.875. The van der Waals surface area contributed by atoms with Gasteiger partial charge in [0, 0.05) is 26.7 Å². The summed E-state index contributed by atoms with van der Waals surface area (Å²) in [6.45, 7) is 4.00. The summed E-state index contributed by atoms with van der Waals surface area (Å²) >= 11 is 0. The molecule has 0 radical (unpaired) electrons. The Bertz CT molecular complexity index is 711. The summed E-state index contributed by atoms with van der Waals surface area (Å²) < 4.78 is 7.13. The number of ether oxygens (including phenoxy) is 1. The Hall–Kier alpha value is -2.34. The van der Waals surface area contributed by atoms with E-state index in [0.29, 0.717) is 13.1 Å². The first-order chi connectivity index (χ1) is 11.6. The molecule has 1 saturated heterocycles. The highest BCUT2D eigenvalue weighted by atomic mass is 16.5. The highest BCUT2D eigenvalue weighted by Gasteiger charge is 2.31. The first-order valence-corrected chi connectivity index (χ1v) is 8.22. The number of carbonyl (C=O) groups is 1. The lowest BCUT2D eigenvalue weighted by molar-refractivity contribution is -0.129. The van der Waals surface area contributed by atoms with Gasteiger partial charge in [-0.3, -0.25) is 4.79 Å². The van der Waals surface area contributed by atoms with Crippen LogP contribution in [0.4, 0.5) is 0 Å². The van der Waals surface area contributed by atoms with Crippen LogP contribution >= 0.6 is 0 Å². The fourth-order valence-corrected chi connectivity index (χ4v) is 3.25. The molecule has 1 aromatic carbocycles. The van der Waals surface area contributed by atoms with Crippen molar-refractivity contribution in [1.82, 2.24) is 20.0 Å². The van der Waals surface area contributed by atoms with Crippen molar-refractivity contribution >= 4 is 5.91 Å². The van der Waals surface area contributed by atoms with Crippen molar-refractivity contribution in [3.8, 4) is 5.88 Å². The van der Waals surface area contributed by atoms with E-state index >= 15 is 0 Å². The van der Waals surface area contributed by atoms with E-state index in [2.05, 4.69) is 22.5 Å². The Morgan fingerprint density at radius 3 is 2.79 bits per heavy atom. The Labute approximate surface area is 142 Å². The molecule has 1 fully saturated rings.